The van der Waals surface area contributed by atoms with Crippen LogP contribution in [-0.2, 0) is 16.2 Å². The van der Waals surface area contributed by atoms with Crippen molar-refractivity contribution in [1.29, 1.82) is 0 Å². The van der Waals surface area contributed by atoms with Crippen LogP contribution in [0.5, 0.6) is 0 Å². The fourth-order valence-corrected chi connectivity index (χ4v) is 5.99. The van der Waals surface area contributed by atoms with Gasteiger partial charge in [-0.15, -0.1) is 11.8 Å². The highest BCUT2D eigenvalue weighted by Gasteiger charge is 2.20. The summed E-state index contributed by atoms with van der Waals surface area (Å²) in [5.41, 5.74) is 4.61. The second-order valence-corrected chi connectivity index (χ2v) is 11.3. The van der Waals surface area contributed by atoms with Crippen LogP contribution in [0.2, 0.25) is 0 Å². The summed E-state index contributed by atoms with van der Waals surface area (Å²) in [6.07, 6.45) is 8.25. The molecule has 1 aliphatic carbocycles. The number of hydrogen-bond acceptors (Lipinski definition) is 6. The molecule has 5 rings (SSSR count). The lowest BCUT2D eigenvalue weighted by atomic mass is 9.97. The molecule has 0 atom stereocenters. The van der Waals surface area contributed by atoms with Crippen LogP contribution in [0.4, 0.5) is 0 Å². The maximum atomic E-state index is 13.7. The summed E-state index contributed by atoms with van der Waals surface area (Å²) in [5.74, 6) is -0.804. The van der Waals surface area contributed by atoms with Crippen LogP contribution in [0.1, 0.15) is 52.1 Å². The average molecular weight is 597 g/mol. The number of benzene rings is 3. The van der Waals surface area contributed by atoms with Gasteiger partial charge in [-0.3, -0.25) is 9.59 Å². The number of carbonyl (C=O) groups excluding carboxylic acids is 3. The summed E-state index contributed by atoms with van der Waals surface area (Å²) in [6, 6.07) is 18.8. The number of aromatic nitrogens is 1. The predicted octanol–water partition coefficient (Wildman–Crippen LogP) is 8.16. The number of fused-ring (bicyclic) bond motifs is 3. The van der Waals surface area contributed by atoms with E-state index < -0.39 is 5.97 Å². The van der Waals surface area contributed by atoms with Crippen molar-refractivity contribution >= 4 is 68.4 Å². The third kappa shape index (κ3) is 6.17. The van der Waals surface area contributed by atoms with E-state index >= 15 is 0 Å². The zero-order chi connectivity index (χ0) is 29.8. The van der Waals surface area contributed by atoms with Crippen LogP contribution in [-0.4, -0.2) is 33.6 Å². The molecule has 0 N–H and O–H groups in total. The van der Waals surface area contributed by atoms with Gasteiger partial charge in [0.05, 0.1) is 0 Å². The summed E-state index contributed by atoms with van der Waals surface area (Å²) in [4.78, 5) is 44.5. The van der Waals surface area contributed by atoms with Crippen molar-refractivity contribution in [2.24, 2.45) is 5.16 Å². The quantitative estimate of drug-likeness (QED) is 0.0843. The molecule has 0 aliphatic heterocycles. The smallest absolute Gasteiger partial charge is 0.331 e. The molecule has 6 nitrogen and oxygen atoms in total. The topological polar surface area (TPSA) is 77.7 Å². The van der Waals surface area contributed by atoms with Gasteiger partial charge in [0.2, 0.25) is 5.78 Å². The van der Waals surface area contributed by atoms with E-state index in [1.54, 1.807) is 12.1 Å². The van der Waals surface area contributed by atoms with Gasteiger partial charge in [-0.1, -0.05) is 53.2 Å². The number of oxime groups is 1. The minimum absolute atomic E-state index is 0.0502. The highest BCUT2D eigenvalue weighted by Crippen LogP contribution is 2.32. The van der Waals surface area contributed by atoms with Crippen LogP contribution in [0.15, 0.2) is 100 Å². The largest absolute Gasteiger partial charge is 0.341 e. The third-order valence-electron chi connectivity index (χ3n) is 7.06. The zero-order valence-electron chi connectivity index (χ0n) is 23.5. The van der Waals surface area contributed by atoms with Crippen molar-refractivity contribution in [3.05, 3.63) is 117 Å². The lowest BCUT2D eigenvalue weighted by Gasteiger charge is -2.07. The Labute approximate surface area is 253 Å². The summed E-state index contributed by atoms with van der Waals surface area (Å²) >= 11 is 7.52. The van der Waals surface area contributed by atoms with E-state index in [0.717, 1.165) is 38.8 Å². The first-order chi connectivity index (χ1) is 20.3. The Hall–Kier alpha value is -4.20. The molecule has 4 aromatic rings. The summed E-state index contributed by atoms with van der Waals surface area (Å²) < 4.78 is 2.16. The maximum absolute atomic E-state index is 13.7. The maximum Gasteiger partial charge on any atom is 0.331 e. The fraction of sp³-hybridized carbons (Fsp3) is 0.176. The first kappa shape index (κ1) is 29.3. The molecule has 42 heavy (non-hydrogen) atoms. The average Bonchev–Trinajstić information content (AvgIpc) is 3.15. The van der Waals surface area contributed by atoms with E-state index in [1.807, 2.05) is 79.7 Å². The molecule has 1 aromatic heterocycles. The number of hydrogen-bond donors (Lipinski definition) is 0. The van der Waals surface area contributed by atoms with Crippen molar-refractivity contribution in [2.75, 3.05) is 5.75 Å². The van der Waals surface area contributed by atoms with Gasteiger partial charge in [-0.25, -0.2) is 4.79 Å². The van der Waals surface area contributed by atoms with Crippen molar-refractivity contribution in [3.8, 4) is 0 Å². The van der Waals surface area contributed by atoms with E-state index in [2.05, 4.69) is 16.6 Å². The number of ketones is 2. The molecule has 0 bridgehead atoms. The molecule has 0 saturated carbocycles. The number of allylic oxidation sites excluding steroid dienone is 5. The molecular formula is C34H29ClN2O4S. The molecule has 212 valence electrons. The molecule has 0 radical (unpaired) electrons. The van der Waals surface area contributed by atoms with Crippen molar-refractivity contribution < 1.29 is 19.2 Å². The van der Waals surface area contributed by atoms with E-state index in [1.165, 1.54) is 18.7 Å². The van der Waals surface area contributed by atoms with Gasteiger partial charge in [-0.05, 0) is 74.4 Å². The number of carbonyl (C=O) groups is 3. The Balaban J connectivity index is 1.53. The minimum Gasteiger partial charge on any atom is -0.341 e. The standard InChI is InChI=1S/C34H29ClN2O4S/c1-4-37-31-16-12-23(33(39)27-11-6-5-8-21(27)2)18-28(31)29-19-24(13-17-32(29)37)34(40)30(36-41-22(3)38)20-42-26-10-7-9-25(35)14-15-26/h5-6,8-19H,4,7,20H2,1-3H3/b36-30+. The normalized spacial score (nSPS) is 13.6. The summed E-state index contributed by atoms with van der Waals surface area (Å²) in [7, 11) is 0. The fourth-order valence-electron chi connectivity index (χ4n) is 4.97. The van der Waals surface area contributed by atoms with Crippen LogP contribution in [0.3, 0.4) is 0 Å². The zero-order valence-corrected chi connectivity index (χ0v) is 25.1. The predicted molar refractivity (Wildman–Crippen MR) is 171 cm³/mol. The molecule has 8 heteroatoms. The molecule has 1 aliphatic rings. The Kier molecular flexibility index (Phi) is 8.90. The second kappa shape index (κ2) is 12.8. The number of Topliss-reactive ketones (excluding diaryl/α,β-unsaturated/α-hetero) is 1. The third-order valence-corrected chi connectivity index (χ3v) is 8.39. The van der Waals surface area contributed by atoms with Gasteiger partial charge >= 0.3 is 5.97 Å². The first-order valence-electron chi connectivity index (χ1n) is 13.6. The molecule has 0 amide bonds. The van der Waals surface area contributed by atoms with Crippen LogP contribution in [0.25, 0.3) is 21.8 Å². The monoisotopic (exact) mass is 596 g/mol. The van der Waals surface area contributed by atoms with Crippen molar-refractivity contribution in [2.45, 2.75) is 33.7 Å². The summed E-state index contributed by atoms with van der Waals surface area (Å²) in [5, 5.41) is 6.30. The molecular weight excluding hydrogens is 568 g/mol. The first-order valence-corrected chi connectivity index (χ1v) is 15.0. The molecule has 0 unspecified atom stereocenters. The Bertz CT molecular complexity index is 1860. The Morgan fingerprint density at radius 3 is 2.33 bits per heavy atom. The van der Waals surface area contributed by atoms with Gasteiger partial charge in [0.1, 0.15) is 5.71 Å². The van der Waals surface area contributed by atoms with Gasteiger partial charge < -0.3 is 9.40 Å². The number of nitrogens with zero attached hydrogens (tertiary/aromatic N) is 2. The Morgan fingerprint density at radius 2 is 1.64 bits per heavy atom. The van der Waals surface area contributed by atoms with E-state index in [4.69, 9.17) is 16.4 Å². The van der Waals surface area contributed by atoms with Crippen molar-refractivity contribution in [1.82, 2.24) is 4.57 Å². The molecule has 1 heterocycles. The van der Waals surface area contributed by atoms with Gasteiger partial charge in [-0.2, -0.15) is 0 Å². The van der Waals surface area contributed by atoms with Gasteiger partial charge in [0, 0.05) is 67.7 Å². The minimum atomic E-state index is -0.609. The lowest BCUT2D eigenvalue weighted by molar-refractivity contribution is -0.140. The van der Waals surface area contributed by atoms with Crippen molar-refractivity contribution in [3.63, 3.8) is 0 Å². The highest BCUT2D eigenvalue weighted by atomic mass is 35.5. The molecule has 0 spiro atoms. The molecule has 0 fully saturated rings. The second-order valence-electron chi connectivity index (χ2n) is 9.86. The number of aryl methyl sites for hydroxylation is 2. The number of thioether (sulfide) groups is 1. The lowest BCUT2D eigenvalue weighted by Crippen LogP contribution is -2.18. The van der Waals surface area contributed by atoms with E-state index in [9.17, 15) is 14.4 Å². The SMILES string of the molecule is CCn1c2ccc(C(=O)/C(CSC3=CCC=C(Cl)C=C3)=N/OC(C)=O)cc2c2cc(C(=O)c3ccccc3C)ccc21. The Morgan fingerprint density at radius 1 is 0.952 bits per heavy atom. The van der Waals surface area contributed by atoms with E-state index in [-0.39, 0.29) is 23.0 Å². The summed E-state index contributed by atoms with van der Waals surface area (Å²) in [6.45, 7) is 5.94. The highest BCUT2D eigenvalue weighted by molar-refractivity contribution is 8.04. The number of halogens is 1. The van der Waals surface area contributed by atoms with Crippen LogP contribution >= 0.6 is 23.4 Å². The van der Waals surface area contributed by atoms with Crippen LogP contribution in [0, 0.1) is 6.92 Å². The van der Waals surface area contributed by atoms with Gasteiger partial charge in [0.15, 0.2) is 5.78 Å². The van der Waals surface area contributed by atoms with E-state index in [0.29, 0.717) is 28.1 Å². The van der Waals surface area contributed by atoms with Gasteiger partial charge in [0.25, 0.3) is 0 Å². The number of rotatable bonds is 9. The van der Waals surface area contributed by atoms with Crippen LogP contribution < -0.4 is 0 Å². The molecule has 0 saturated heterocycles. The molecule has 3 aromatic carbocycles.